The highest BCUT2D eigenvalue weighted by atomic mass is 31.2. The lowest BCUT2D eigenvalue weighted by molar-refractivity contribution is 0.290. The van der Waals surface area contributed by atoms with Gasteiger partial charge in [0.15, 0.2) is 0 Å². The summed E-state index contributed by atoms with van der Waals surface area (Å²) in [4.78, 5) is 10.2. The van der Waals surface area contributed by atoms with Crippen molar-refractivity contribution in [2.75, 3.05) is 0 Å². The van der Waals surface area contributed by atoms with Gasteiger partial charge < -0.3 is 9.05 Å². The van der Waals surface area contributed by atoms with E-state index in [1.807, 2.05) is 37.3 Å². The van der Waals surface area contributed by atoms with Crippen molar-refractivity contribution in [2.45, 2.75) is 39.0 Å². The van der Waals surface area contributed by atoms with Gasteiger partial charge in [-0.3, -0.25) is 4.89 Å². The Labute approximate surface area is 190 Å². The van der Waals surface area contributed by atoms with Gasteiger partial charge in [0.05, 0.1) is 0 Å². The van der Waals surface area contributed by atoms with Crippen LogP contribution >= 0.6 is 7.82 Å². The van der Waals surface area contributed by atoms with Crippen molar-refractivity contribution in [3.8, 4) is 11.5 Å². The van der Waals surface area contributed by atoms with E-state index < -0.39 is 7.82 Å². The number of benzene rings is 3. The fourth-order valence-electron chi connectivity index (χ4n) is 4.22. The smallest absolute Gasteiger partial charge is 0.395 e. The monoisotopic (exact) mass is 448 g/mol. The van der Waals surface area contributed by atoms with E-state index in [2.05, 4.69) is 30.3 Å². The summed E-state index contributed by atoms with van der Waals surface area (Å²) in [5, 5.41) is 0. The lowest BCUT2D eigenvalue weighted by atomic mass is 9.80. The molecule has 0 bridgehead atoms. The van der Waals surface area contributed by atoms with E-state index in [0.29, 0.717) is 17.4 Å². The van der Waals surface area contributed by atoms with Gasteiger partial charge in [-0.1, -0.05) is 86.0 Å². The molecule has 0 aromatic heterocycles. The Balaban J connectivity index is 1.52. The van der Waals surface area contributed by atoms with Gasteiger partial charge in [0.25, 0.3) is 0 Å². The van der Waals surface area contributed by atoms with Crippen LogP contribution in [0.4, 0.5) is 0 Å². The lowest BCUT2D eigenvalue weighted by Gasteiger charge is -2.25. The summed E-state index contributed by atoms with van der Waals surface area (Å²) in [6.45, 7) is 1.81. The van der Waals surface area contributed by atoms with Crippen LogP contribution in [-0.2, 0) is 4.57 Å². The zero-order valence-corrected chi connectivity index (χ0v) is 19.2. The second kappa shape index (κ2) is 10.2. The molecule has 1 unspecified atom stereocenters. The average Bonchev–Trinajstić information content (AvgIpc) is 2.81. The molecular weight excluding hydrogens is 419 g/mol. The number of hydrogen-bond acceptors (Lipinski definition) is 3. The second-order valence-corrected chi connectivity index (χ2v) is 9.59. The Hall–Kier alpha value is -2.81. The second-order valence-electron chi connectivity index (χ2n) is 8.29. The topological polar surface area (TPSA) is 55.8 Å². The van der Waals surface area contributed by atoms with Crippen LogP contribution in [0.2, 0.25) is 0 Å². The highest BCUT2D eigenvalue weighted by molar-refractivity contribution is 7.48. The van der Waals surface area contributed by atoms with Crippen LogP contribution in [-0.4, -0.2) is 4.89 Å². The Morgan fingerprint density at radius 1 is 0.875 bits per heavy atom. The number of phosphoric ester groups is 1. The first-order valence-corrected chi connectivity index (χ1v) is 12.6. The number of phosphoric acid groups is 1. The van der Waals surface area contributed by atoms with Crippen LogP contribution in [0.15, 0.2) is 78.9 Å². The van der Waals surface area contributed by atoms with Crippen molar-refractivity contribution >= 4 is 19.5 Å². The fourth-order valence-corrected chi connectivity index (χ4v) is 5.10. The molecule has 0 aliphatic heterocycles. The molecule has 1 saturated carbocycles. The van der Waals surface area contributed by atoms with Crippen molar-refractivity contribution < 1.29 is 18.5 Å². The van der Waals surface area contributed by atoms with Gasteiger partial charge in [-0.05, 0) is 66.1 Å². The molecule has 1 fully saturated rings. The maximum Gasteiger partial charge on any atom is 0.584 e. The van der Waals surface area contributed by atoms with E-state index in [0.717, 1.165) is 11.1 Å². The van der Waals surface area contributed by atoms with Gasteiger partial charge in [-0.15, -0.1) is 0 Å². The van der Waals surface area contributed by atoms with Gasteiger partial charge in [0.2, 0.25) is 0 Å². The summed E-state index contributed by atoms with van der Waals surface area (Å²) >= 11 is 0. The van der Waals surface area contributed by atoms with Gasteiger partial charge >= 0.3 is 7.82 Å². The van der Waals surface area contributed by atoms with Gasteiger partial charge in [0.1, 0.15) is 11.5 Å². The molecule has 0 spiro atoms. The normalized spacial score (nSPS) is 16.9. The van der Waals surface area contributed by atoms with Crippen LogP contribution in [0.1, 0.15) is 48.8 Å². The molecule has 3 aromatic carbocycles. The molecule has 0 saturated heterocycles. The summed E-state index contributed by atoms with van der Waals surface area (Å²) in [5.74, 6) is 1.18. The molecule has 32 heavy (non-hydrogen) atoms. The molecule has 0 amide bonds. The minimum absolute atomic E-state index is 0.292. The largest absolute Gasteiger partial charge is 0.584 e. The summed E-state index contributed by atoms with van der Waals surface area (Å²) in [7, 11) is -4.29. The van der Waals surface area contributed by atoms with Crippen molar-refractivity contribution in [1.82, 2.24) is 0 Å². The van der Waals surface area contributed by atoms with Crippen molar-refractivity contribution in [2.24, 2.45) is 5.92 Å². The minimum atomic E-state index is -4.29. The molecule has 1 aliphatic carbocycles. The van der Waals surface area contributed by atoms with Crippen molar-refractivity contribution in [1.29, 1.82) is 0 Å². The van der Waals surface area contributed by atoms with Gasteiger partial charge in [-0.25, -0.2) is 4.57 Å². The number of hydrogen-bond donors (Lipinski definition) is 1. The third-order valence-electron chi connectivity index (χ3n) is 5.88. The third kappa shape index (κ3) is 5.91. The molecule has 5 heteroatoms. The highest BCUT2D eigenvalue weighted by Gasteiger charge is 2.26. The molecule has 1 aliphatic rings. The first kappa shape index (κ1) is 22.4. The molecule has 1 N–H and O–H groups in total. The van der Waals surface area contributed by atoms with Crippen LogP contribution in [0.25, 0.3) is 11.6 Å². The summed E-state index contributed by atoms with van der Waals surface area (Å²) in [6.07, 6.45) is 8.52. The molecular formula is C27H29O4P. The van der Waals surface area contributed by atoms with E-state index in [4.69, 9.17) is 9.05 Å². The SMILES string of the molecule is Cc1ccccc1OP(=O)(O)Oc1ccc(C=C(c2ccccc2)C2CCCCC2)cc1. The summed E-state index contributed by atoms with van der Waals surface area (Å²) < 4.78 is 23.0. The van der Waals surface area contributed by atoms with Gasteiger partial charge in [-0.2, -0.15) is 0 Å². The maximum absolute atomic E-state index is 12.5. The first-order chi connectivity index (χ1) is 15.5. The van der Waals surface area contributed by atoms with Crippen molar-refractivity contribution in [3.63, 3.8) is 0 Å². The fraction of sp³-hybridized carbons (Fsp3) is 0.259. The number of aryl methyl sites for hydroxylation is 1. The van der Waals surface area contributed by atoms with Gasteiger partial charge in [0, 0.05) is 0 Å². The van der Waals surface area contributed by atoms with E-state index in [1.54, 1.807) is 24.3 Å². The Morgan fingerprint density at radius 3 is 2.22 bits per heavy atom. The quantitative estimate of drug-likeness (QED) is 0.298. The standard InChI is InChI=1S/C27H29O4P/c1-21-10-8-9-15-27(21)31-32(28,29)30-25-18-16-22(17-19-25)20-26(23-11-4-2-5-12-23)24-13-6-3-7-14-24/h2,4-5,8-12,15-20,24H,3,6-7,13-14H2,1H3,(H,28,29). The molecule has 0 heterocycles. The van der Waals surface area contributed by atoms with E-state index in [1.165, 1.54) is 43.2 Å². The number of rotatable bonds is 7. The highest BCUT2D eigenvalue weighted by Crippen LogP contribution is 2.45. The van der Waals surface area contributed by atoms with Crippen LogP contribution in [0.5, 0.6) is 11.5 Å². The minimum Gasteiger partial charge on any atom is -0.395 e. The lowest BCUT2D eigenvalue weighted by Crippen LogP contribution is -2.08. The van der Waals surface area contributed by atoms with E-state index in [9.17, 15) is 9.46 Å². The predicted octanol–water partition coefficient (Wildman–Crippen LogP) is 7.67. The zero-order valence-electron chi connectivity index (χ0n) is 18.3. The Kier molecular flexibility index (Phi) is 7.14. The average molecular weight is 448 g/mol. The molecule has 0 radical (unpaired) electrons. The van der Waals surface area contributed by atoms with E-state index in [-0.39, 0.29) is 0 Å². The van der Waals surface area contributed by atoms with Crippen LogP contribution in [0, 0.1) is 12.8 Å². The zero-order chi connectivity index (χ0) is 22.4. The van der Waals surface area contributed by atoms with Crippen molar-refractivity contribution in [3.05, 3.63) is 95.6 Å². The van der Waals surface area contributed by atoms with Crippen LogP contribution in [0.3, 0.4) is 0 Å². The number of para-hydroxylation sites is 1. The molecule has 4 rings (SSSR count). The third-order valence-corrected chi connectivity index (χ3v) is 6.75. The molecule has 166 valence electrons. The predicted molar refractivity (Wildman–Crippen MR) is 130 cm³/mol. The summed E-state index contributed by atoms with van der Waals surface area (Å²) in [5.41, 5.74) is 4.41. The van der Waals surface area contributed by atoms with E-state index >= 15 is 0 Å². The Bertz CT molecular complexity index is 1100. The number of allylic oxidation sites excluding steroid dienone is 1. The molecule has 4 nitrogen and oxygen atoms in total. The molecule has 3 aromatic rings. The van der Waals surface area contributed by atoms with Crippen LogP contribution < -0.4 is 9.05 Å². The molecule has 1 atom stereocenters. The summed E-state index contributed by atoms with van der Waals surface area (Å²) in [6, 6.07) is 24.8. The first-order valence-electron chi connectivity index (χ1n) is 11.1. The maximum atomic E-state index is 12.5. The Morgan fingerprint density at radius 2 is 1.53 bits per heavy atom.